The van der Waals surface area contributed by atoms with Crippen molar-refractivity contribution in [3.8, 4) is 0 Å². The molecule has 7 heteroatoms. The molecule has 1 saturated heterocycles. The van der Waals surface area contributed by atoms with Gasteiger partial charge < -0.3 is 15.2 Å². The Morgan fingerprint density at radius 2 is 2.15 bits per heavy atom. The lowest BCUT2D eigenvalue weighted by Crippen LogP contribution is -2.44. The van der Waals surface area contributed by atoms with Crippen molar-refractivity contribution in [1.82, 2.24) is 20.7 Å². The second-order valence-electron chi connectivity index (χ2n) is 6.57. The molecule has 2 heterocycles. The Hall–Kier alpha value is -1.61. The monoisotopic (exact) mass is 469 g/mol. The van der Waals surface area contributed by atoms with Crippen LogP contribution in [-0.4, -0.2) is 42.2 Å². The SMILES string of the molecule is CN=C(NCc1cc(C)no1)NC1CCN(C(C)c2ccccc2)C1.I. The Balaban J connectivity index is 0.00000243. The molecule has 2 aromatic rings. The molecule has 1 aromatic carbocycles. The van der Waals surface area contributed by atoms with E-state index in [1.165, 1.54) is 5.56 Å². The largest absolute Gasteiger partial charge is 0.359 e. The standard InChI is InChI=1S/C19H27N5O.HI/c1-14-11-18(25-23-14)12-21-19(20-3)22-17-9-10-24(13-17)15(2)16-7-5-4-6-8-16;/h4-8,11,15,17H,9-10,12-13H2,1-3H3,(H2,20,21,22);1H. The lowest BCUT2D eigenvalue weighted by atomic mass is 10.1. The van der Waals surface area contributed by atoms with Crippen molar-refractivity contribution in [2.45, 2.75) is 38.9 Å². The van der Waals surface area contributed by atoms with Gasteiger partial charge in [0.05, 0.1) is 12.2 Å². The van der Waals surface area contributed by atoms with Gasteiger partial charge >= 0.3 is 0 Å². The van der Waals surface area contributed by atoms with E-state index in [-0.39, 0.29) is 24.0 Å². The minimum Gasteiger partial charge on any atom is -0.359 e. The van der Waals surface area contributed by atoms with Crippen molar-refractivity contribution < 1.29 is 4.52 Å². The number of guanidine groups is 1. The predicted octanol–water partition coefficient (Wildman–Crippen LogP) is 3.10. The molecule has 0 spiro atoms. The van der Waals surface area contributed by atoms with Crippen LogP contribution < -0.4 is 10.6 Å². The first-order valence-electron chi connectivity index (χ1n) is 8.84. The molecular formula is C19H28IN5O. The average Bonchev–Trinajstić information content (AvgIpc) is 3.27. The first-order valence-corrected chi connectivity index (χ1v) is 8.84. The lowest BCUT2D eigenvalue weighted by molar-refractivity contribution is 0.258. The van der Waals surface area contributed by atoms with Gasteiger partial charge in [-0.15, -0.1) is 24.0 Å². The van der Waals surface area contributed by atoms with E-state index in [1.807, 2.05) is 13.0 Å². The molecule has 1 aromatic heterocycles. The zero-order chi connectivity index (χ0) is 17.6. The fraction of sp³-hybridized carbons (Fsp3) is 0.474. The molecule has 3 rings (SSSR count). The van der Waals surface area contributed by atoms with Crippen LogP contribution >= 0.6 is 24.0 Å². The van der Waals surface area contributed by atoms with E-state index in [9.17, 15) is 0 Å². The number of aryl methyl sites for hydroxylation is 1. The van der Waals surface area contributed by atoms with Crippen molar-refractivity contribution >= 4 is 29.9 Å². The molecule has 1 aliphatic heterocycles. The smallest absolute Gasteiger partial charge is 0.191 e. The highest BCUT2D eigenvalue weighted by molar-refractivity contribution is 14.0. The Morgan fingerprint density at radius 1 is 1.38 bits per heavy atom. The number of likely N-dealkylation sites (tertiary alicyclic amines) is 1. The number of halogens is 1. The Labute approximate surface area is 172 Å². The molecule has 2 N–H and O–H groups in total. The quantitative estimate of drug-likeness (QED) is 0.401. The predicted molar refractivity (Wildman–Crippen MR) is 115 cm³/mol. The van der Waals surface area contributed by atoms with E-state index in [0.717, 1.165) is 36.9 Å². The Morgan fingerprint density at radius 3 is 2.81 bits per heavy atom. The summed E-state index contributed by atoms with van der Waals surface area (Å²) >= 11 is 0. The van der Waals surface area contributed by atoms with Gasteiger partial charge in [-0.3, -0.25) is 9.89 Å². The highest BCUT2D eigenvalue weighted by Crippen LogP contribution is 2.24. The fourth-order valence-electron chi connectivity index (χ4n) is 3.26. The molecule has 0 radical (unpaired) electrons. The van der Waals surface area contributed by atoms with Crippen molar-refractivity contribution in [2.75, 3.05) is 20.1 Å². The number of hydrogen-bond acceptors (Lipinski definition) is 4. The van der Waals surface area contributed by atoms with Crippen molar-refractivity contribution in [1.29, 1.82) is 0 Å². The molecular weight excluding hydrogens is 441 g/mol. The van der Waals surface area contributed by atoms with Gasteiger partial charge in [0.15, 0.2) is 11.7 Å². The van der Waals surface area contributed by atoms with Crippen LogP contribution in [0.5, 0.6) is 0 Å². The van der Waals surface area contributed by atoms with Crippen LogP contribution in [0.1, 0.15) is 36.4 Å². The van der Waals surface area contributed by atoms with Gasteiger partial charge in [-0.2, -0.15) is 0 Å². The number of rotatable bonds is 5. The average molecular weight is 469 g/mol. The van der Waals surface area contributed by atoms with E-state index in [1.54, 1.807) is 7.05 Å². The van der Waals surface area contributed by atoms with E-state index in [2.05, 4.69) is 62.9 Å². The van der Waals surface area contributed by atoms with Crippen molar-refractivity contribution in [3.63, 3.8) is 0 Å². The molecule has 2 unspecified atom stereocenters. The number of aliphatic imine (C=N–C) groups is 1. The normalized spacial score (nSPS) is 19.0. The summed E-state index contributed by atoms with van der Waals surface area (Å²) in [5.41, 5.74) is 2.26. The minimum absolute atomic E-state index is 0. The molecule has 0 bridgehead atoms. The third kappa shape index (κ3) is 5.44. The molecule has 2 atom stereocenters. The maximum atomic E-state index is 5.22. The summed E-state index contributed by atoms with van der Waals surface area (Å²) in [6.07, 6.45) is 1.11. The Bertz CT molecular complexity index is 703. The second kappa shape index (κ2) is 9.91. The third-order valence-electron chi connectivity index (χ3n) is 4.72. The van der Waals surface area contributed by atoms with Crippen LogP contribution in [0.15, 0.2) is 45.9 Å². The maximum Gasteiger partial charge on any atom is 0.191 e. The van der Waals surface area contributed by atoms with Gasteiger partial charge in [0.1, 0.15) is 0 Å². The second-order valence-corrected chi connectivity index (χ2v) is 6.57. The molecule has 6 nitrogen and oxygen atoms in total. The number of nitrogens with zero attached hydrogens (tertiary/aromatic N) is 3. The maximum absolute atomic E-state index is 5.22. The molecule has 1 aliphatic rings. The van der Waals surface area contributed by atoms with Crippen LogP contribution in [0.25, 0.3) is 0 Å². The van der Waals surface area contributed by atoms with Crippen LogP contribution in [0.3, 0.4) is 0 Å². The fourth-order valence-corrected chi connectivity index (χ4v) is 3.26. The van der Waals surface area contributed by atoms with Crippen LogP contribution in [0.2, 0.25) is 0 Å². The molecule has 0 amide bonds. The molecule has 1 fully saturated rings. The first-order chi connectivity index (χ1) is 12.2. The number of benzene rings is 1. The minimum atomic E-state index is 0. The number of nitrogens with one attached hydrogen (secondary N) is 2. The summed E-state index contributed by atoms with van der Waals surface area (Å²) in [5, 5.41) is 10.7. The zero-order valence-corrected chi connectivity index (χ0v) is 17.9. The summed E-state index contributed by atoms with van der Waals surface area (Å²) in [7, 11) is 1.79. The summed E-state index contributed by atoms with van der Waals surface area (Å²) in [6.45, 7) is 6.87. The van der Waals surface area contributed by atoms with Crippen molar-refractivity contribution in [3.05, 3.63) is 53.4 Å². The topological polar surface area (TPSA) is 65.7 Å². The number of hydrogen-bond donors (Lipinski definition) is 2. The Kier molecular flexibility index (Phi) is 7.89. The lowest BCUT2D eigenvalue weighted by Gasteiger charge is -2.25. The van der Waals surface area contributed by atoms with E-state index in [0.29, 0.717) is 18.6 Å². The molecule has 26 heavy (non-hydrogen) atoms. The van der Waals surface area contributed by atoms with Gasteiger partial charge in [-0.1, -0.05) is 35.5 Å². The van der Waals surface area contributed by atoms with E-state index < -0.39 is 0 Å². The van der Waals surface area contributed by atoms with Crippen LogP contribution in [-0.2, 0) is 6.54 Å². The van der Waals surface area contributed by atoms with Crippen LogP contribution in [0.4, 0.5) is 0 Å². The summed E-state index contributed by atoms with van der Waals surface area (Å²) in [6, 6.07) is 13.4. The third-order valence-corrected chi connectivity index (χ3v) is 4.72. The molecule has 0 aliphatic carbocycles. The first kappa shape index (κ1) is 20.7. The van der Waals surface area contributed by atoms with Gasteiger partial charge in [-0.05, 0) is 25.8 Å². The highest BCUT2D eigenvalue weighted by Gasteiger charge is 2.27. The van der Waals surface area contributed by atoms with E-state index in [4.69, 9.17) is 4.52 Å². The van der Waals surface area contributed by atoms with Gasteiger partial charge in [0, 0.05) is 38.3 Å². The summed E-state index contributed by atoms with van der Waals surface area (Å²) < 4.78 is 5.22. The summed E-state index contributed by atoms with van der Waals surface area (Å²) in [5.74, 6) is 1.61. The number of aromatic nitrogens is 1. The van der Waals surface area contributed by atoms with Gasteiger partial charge in [0.25, 0.3) is 0 Å². The molecule has 0 saturated carbocycles. The zero-order valence-electron chi connectivity index (χ0n) is 15.6. The highest BCUT2D eigenvalue weighted by atomic mass is 127. The van der Waals surface area contributed by atoms with Gasteiger partial charge in [-0.25, -0.2) is 0 Å². The van der Waals surface area contributed by atoms with Crippen molar-refractivity contribution in [2.24, 2.45) is 4.99 Å². The molecule has 142 valence electrons. The van der Waals surface area contributed by atoms with Crippen LogP contribution in [0, 0.1) is 6.92 Å². The summed E-state index contributed by atoms with van der Waals surface area (Å²) in [4.78, 5) is 6.83. The van der Waals surface area contributed by atoms with E-state index >= 15 is 0 Å². The van der Waals surface area contributed by atoms with Gasteiger partial charge in [0.2, 0.25) is 0 Å².